The Morgan fingerprint density at radius 3 is 2.83 bits per heavy atom. The van der Waals surface area contributed by atoms with Crippen molar-refractivity contribution in [3.63, 3.8) is 0 Å². The molecule has 1 aliphatic heterocycles. The zero-order valence-corrected chi connectivity index (χ0v) is 6.19. The van der Waals surface area contributed by atoms with E-state index in [9.17, 15) is 4.79 Å². The first-order valence-corrected chi connectivity index (χ1v) is 3.16. The summed E-state index contributed by atoms with van der Waals surface area (Å²) in [6, 6.07) is 0. The Hall–Kier alpha value is -1.11. The second kappa shape index (κ2) is 3.53. The van der Waals surface area contributed by atoms with Crippen LogP contribution in [0.25, 0.3) is 0 Å². The fourth-order valence-corrected chi connectivity index (χ4v) is 0.616. The summed E-state index contributed by atoms with van der Waals surface area (Å²) >= 11 is 0. The predicted molar refractivity (Wildman–Crippen MR) is 35.0 cm³/mol. The van der Waals surface area contributed by atoms with E-state index in [1.807, 2.05) is 0 Å². The van der Waals surface area contributed by atoms with Gasteiger partial charge in [-0.1, -0.05) is 6.08 Å². The molecule has 1 N–H and O–H groups in total. The van der Waals surface area contributed by atoms with E-state index in [4.69, 9.17) is 9.84 Å². The summed E-state index contributed by atoms with van der Waals surface area (Å²) in [5.41, 5.74) is 0. The summed E-state index contributed by atoms with van der Waals surface area (Å²) < 4.78 is 9.13. The van der Waals surface area contributed by atoms with Crippen molar-refractivity contribution < 1.29 is 29.1 Å². The first-order valence-electron chi connectivity index (χ1n) is 3.16. The third kappa shape index (κ3) is 1.94. The lowest BCUT2D eigenvalue weighted by Crippen LogP contribution is -2.53. The van der Waals surface area contributed by atoms with Gasteiger partial charge in [-0.25, -0.2) is 9.68 Å². The van der Waals surface area contributed by atoms with Crippen molar-refractivity contribution in [1.29, 1.82) is 0 Å². The van der Waals surface area contributed by atoms with E-state index in [1.54, 1.807) is 0 Å². The molecule has 1 aliphatic rings. The number of hydrogen-bond acceptors (Lipinski definition) is 5. The molecule has 0 aliphatic carbocycles. The highest BCUT2D eigenvalue weighted by Gasteiger charge is 2.47. The van der Waals surface area contributed by atoms with Crippen LogP contribution in [0.15, 0.2) is 12.7 Å². The van der Waals surface area contributed by atoms with Crippen molar-refractivity contribution in [2.45, 2.75) is 5.97 Å². The molecule has 0 saturated carbocycles. The van der Waals surface area contributed by atoms with E-state index in [1.165, 1.54) is 6.08 Å². The molecule has 1 rings (SSSR count). The molecular formula is C6H8O6. The Labute approximate surface area is 68.2 Å². The van der Waals surface area contributed by atoms with Gasteiger partial charge in [-0.15, -0.1) is 6.58 Å². The Morgan fingerprint density at radius 2 is 2.50 bits per heavy atom. The maximum absolute atomic E-state index is 10.1. The lowest BCUT2D eigenvalue weighted by atomic mass is 10.5. The van der Waals surface area contributed by atoms with Crippen LogP contribution in [-0.2, 0) is 19.2 Å². The molecule has 0 amide bonds. The summed E-state index contributed by atoms with van der Waals surface area (Å²) in [5, 5.41) is 8.25. The highest BCUT2D eigenvalue weighted by Crippen LogP contribution is 2.25. The number of ether oxygens (including phenoxy) is 2. The summed E-state index contributed by atoms with van der Waals surface area (Å²) in [5.74, 6) is -1.60. The van der Waals surface area contributed by atoms with Crippen molar-refractivity contribution in [3.8, 4) is 0 Å². The molecule has 6 nitrogen and oxygen atoms in total. The van der Waals surface area contributed by atoms with Gasteiger partial charge in [-0.3, -0.25) is 0 Å². The van der Waals surface area contributed by atoms with Crippen LogP contribution in [-0.4, -0.2) is 30.4 Å². The van der Waals surface area contributed by atoms with Crippen molar-refractivity contribution in [3.05, 3.63) is 12.7 Å². The van der Waals surface area contributed by atoms with Crippen LogP contribution in [0, 0.1) is 0 Å². The Kier molecular flexibility index (Phi) is 2.64. The Bertz CT molecular complexity index is 184. The van der Waals surface area contributed by atoms with E-state index in [-0.39, 0.29) is 13.2 Å². The van der Waals surface area contributed by atoms with Gasteiger partial charge in [0.05, 0.1) is 6.61 Å². The van der Waals surface area contributed by atoms with Crippen molar-refractivity contribution in [1.82, 2.24) is 0 Å². The van der Waals surface area contributed by atoms with E-state index in [0.29, 0.717) is 0 Å². The molecule has 0 radical (unpaired) electrons. The quantitative estimate of drug-likeness (QED) is 0.291. The van der Waals surface area contributed by atoms with Crippen LogP contribution in [0.2, 0.25) is 0 Å². The Morgan fingerprint density at radius 1 is 1.83 bits per heavy atom. The fraction of sp³-hybridized carbons (Fsp3) is 0.500. The third-order valence-electron chi connectivity index (χ3n) is 1.09. The maximum Gasteiger partial charge on any atom is 0.510 e. The van der Waals surface area contributed by atoms with Gasteiger partial charge in [0.2, 0.25) is 0 Å². The van der Waals surface area contributed by atoms with Crippen LogP contribution in [0.3, 0.4) is 0 Å². The lowest BCUT2D eigenvalue weighted by Gasteiger charge is -2.35. The normalized spacial score (nSPS) is 27.3. The SMILES string of the molecule is C=CCOC1(OC(=O)O)COO1. The molecule has 68 valence electrons. The molecule has 0 spiro atoms. The van der Waals surface area contributed by atoms with Gasteiger partial charge >= 0.3 is 12.1 Å². The first kappa shape index (κ1) is 8.98. The van der Waals surface area contributed by atoms with Gasteiger partial charge in [0.15, 0.2) is 6.61 Å². The minimum Gasteiger partial charge on any atom is -0.450 e. The predicted octanol–water partition coefficient (Wildman–Crippen LogP) is 0.499. The first-order chi connectivity index (χ1) is 5.68. The number of rotatable bonds is 4. The average Bonchev–Trinajstić information content (AvgIpc) is 1.94. The highest BCUT2D eigenvalue weighted by atomic mass is 17.3. The second-order valence-corrected chi connectivity index (χ2v) is 2.00. The van der Waals surface area contributed by atoms with Crippen LogP contribution in [0.5, 0.6) is 0 Å². The van der Waals surface area contributed by atoms with E-state index in [2.05, 4.69) is 21.1 Å². The minimum atomic E-state index is -1.60. The van der Waals surface area contributed by atoms with Gasteiger partial charge in [0.25, 0.3) is 0 Å². The van der Waals surface area contributed by atoms with Crippen molar-refractivity contribution >= 4 is 6.16 Å². The molecule has 1 unspecified atom stereocenters. The van der Waals surface area contributed by atoms with E-state index < -0.39 is 12.1 Å². The smallest absolute Gasteiger partial charge is 0.450 e. The molecular weight excluding hydrogens is 168 g/mol. The standard InChI is InChI=1S/C6H8O6/c1-2-3-9-6(4-10-12-6)11-5(7)8/h2H,1,3-4H2,(H,7,8). The molecule has 0 aromatic carbocycles. The second-order valence-electron chi connectivity index (χ2n) is 2.00. The molecule has 12 heavy (non-hydrogen) atoms. The monoisotopic (exact) mass is 176 g/mol. The molecule has 1 heterocycles. The number of hydrogen-bond donors (Lipinski definition) is 1. The van der Waals surface area contributed by atoms with Gasteiger partial charge in [-0.2, -0.15) is 4.89 Å². The molecule has 0 bridgehead atoms. The molecule has 6 heteroatoms. The maximum atomic E-state index is 10.1. The average molecular weight is 176 g/mol. The largest absolute Gasteiger partial charge is 0.510 e. The zero-order chi connectivity index (χ0) is 9.03. The summed E-state index contributed by atoms with van der Waals surface area (Å²) in [4.78, 5) is 18.8. The van der Waals surface area contributed by atoms with Crippen LogP contribution in [0.1, 0.15) is 0 Å². The summed E-state index contributed by atoms with van der Waals surface area (Å²) in [7, 11) is 0. The summed E-state index contributed by atoms with van der Waals surface area (Å²) in [6.07, 6.45) is -0.0448. The number of carboxylic acid groups (broad SMARTS) is 1. The molecule has 1 atom stereocenters. The molecule has 0 aromatic heterocycles. The van der Waals surface area contributed by atoms with E-state index >= 15 is 0 Å². The van der Waals surface area contributed by atoms with Gasteiger partial charge in [0.1, 0.15) is 0 Å². The zero-order valence-electron chi connectivity index (χ0n) is 6.19. The van der Waals surface area contributed by atoms with Crippen molar-refractivity contribution in [2.24, 2.45) is 0 Å². The minimum absolute atomic E-state index is 0.0762. The lowest BCUT2D eigenvalue weighted by molar-refractivity contribution is -0.595. The van der Waals surface area contributed by atoms with Gasteiger partial charge < -0.3 is 14.6 Å². The fourth-order valence-electron chi connectivity index (χ4n) is 0.616. The van der Waals surface area contributed by atoms with E-state index in [0.717, 1.165) is 0 Å². The highest BCUT2D eigenvalue weighted by molar-refractivity contribution is 5.57. The summed E-state index contributed by atoms with van der Waals surface area (Å²) in [6.45, 7) is 3.42. The topological polar surface area (TPSA) is 74.2 Å². The van der Waals surface area contributed by atoms with Crippen molar-refractivity contribution in [2.75, 3.05) is 13.2 Å². The number of carbonyl (C=O) groups is 1. The molecule has 1 fully saturated rings. The van der Waals surface area contributed by atoms with Crippen LogP contribution >= 0.6 is 0 Å². The van der Waals surface area contributed by atoms with Crippen LogP contribution in [0.4, 0.5) is 4.79 Å². The van der Waals surface area contributed by atoms with Gasteiger partial charge in [-0.05, 0) is 0 Å². The van der Waals surface area contributed by atoms with Gasteiger partial charge in [0, 0.05) is 0 Å². The van der Waals surface area contributed by atoms with Crippen LogP contribution < -0.4 is 0 Å². The molecule has 1 saturated heterocycles. The third-order valence-corrected chi connectivity index (χ3v) is 1.09. The Balaban J connectivity index is 2.39. The molecule has 0 aromatic rings.